The first-order valence-electron chi connectivity index (χ1n) is 13.0. The molecule has 0 aliphatic heterocycles. The molecule has 1 fully saturated rings. The highest BCUT2D eigenvalue weighted by molar-refractivity contribution is 6.39. The fourth-order valence-corrected chi connectivity index (χ4v) is 5.10. The van der Waals surface area contributed by atoms with Crippen LogP contribution in [0, 0.1) is 0 Å². The predicted octanol–water partition coefficient (Wildman–Crippen LogP) is 7.00. The van der Waals surface area contributed by atoms with Gasteiger partial charge in [-0.2, -0.15) is 26.3 Å². The molecule has 13 heteroatoms. The fourth-order valence-electron chi connectivity index (χ4n) is 5.10. The standard InChI is InChI=1S/C28H30F7N3O3/c1-3-21(26(29,27(30,31)32)28(33,34)35)20-14-7-8-15-22(20)37-23(39)17-10-9-11-18(16-17)36-24(40)25(41)38(2)19-12-5-4-6-13-19/h7-11,14-16,19,21H,3-6,12-13H2,1-2H3,(H,36,40)(H,37,39). The van der Waals surface area contributed by atoms with Crippen LogP contribution in [-0.4, -0.2) is 53.7 Å². The zero-order valence-corrected chi connectivity index (χ0v) is 22.3. The number of nitrogens with one attached hydrogen (secondary N) is 2. The SMILES string of the molecule is CCC(c1ccccc1NC(=O)c1cccc(NC(=O)C(=O)N(C)C2CCCCC2)c1)C(F)(C(F)(F)F)C(F)(F)F. The lowest BCUT2D eigenvalue weighted by molar-refractivity contribution is -0.349. The van der Waals surface area contributed by atoms with Crippen LogP contribution in [0.5, 0.6) is 0 Å². The molecule has 0 aromatic heterocycles. The van der Waals surface area contributed by atoms with Crippen LogP contribution in [0.2, 0.25) is 0 Å². The molecule has 1 atom stereocenters. The number of alkyl halides is 7. The first-order valence-corrected chi connectivity index (χ1v) is 13.0. The minimum atomic E-state index is -6.28. The van der Waals surface area contributed by atoms with Crippen LogP contribution < -0.4 is 10.6 Å². The Hall–Kier alpha value is -3.64. The number of carbonyl (C=O) groups excluding carboxylic acids is 3. The maximum atomic E-state index is 15.0. The fraction of sp³-hybridized carbons (Fsp3) is 0.464. The van der Waals surface area contributed by atoms with E-state index in [0.717, 1.165) is 57.2 Å². The zero-order chi connectivity index (χ0) is 30.6. The molecular weight excluding hydrogens is 559 g/mol. The molecule has 2 aromatic rings. The second-order valence-corrected chi connectivity index (χ2v) is 9.95. The van der Waals surface area contributed by atoms with E-state index < -0.39 is 59.3 Å². The summed E-state index contributed by atoms with van der Waals surface area (Å²) in [5.74, 6) is -5.37. The van der Waals surface area contributed by atoms with Crippen molar-refractivity contribution in [2.24, 2.45) is 0 Å². The third-order valence-electron chi connectivity index (χ3n) is 7.32. The molecule has 0 saturated heterocycles. The van der Waals surface area contributed by atoms with E-state index in [2.05, 4.69) is 10.6 Å². The molecule has 224 valence electrons. The van der Waals surface area contributed by atoms with Crippen molar-refractivity contribution in [1.29, 1.82) is 0 Å². The van der Waals surface area contributed by atoms with Gasteiger partial charge in [0.15, 0.2) is 0 Å². The van der Waals surface area contributed by atoms with Gasteiger partial charge in [0.2, 0.25) is 0 Å². The number of para-hydroxylation sites is 1. The third kappa shape index (κ3) is 6.82. The molecule has 0 heterocycles. The molecule has 1 aliphatic carbocycles. The summed E-state index contributed by atoms with van der Waals surface area (Å²) < 4.78 is 96.0. The van der Waals surface area contributed by atoms with Crippen molar-refractivity contribution in [3.8, 4) is 0 Å². The average molecular weight is 590 g/mol. The number of amides is 3. The summed E-state index contributed by atoms with van der Waals surface area (Å²) in [6.07, 6.45) is -8.93. The quantitative estimate of drug-likeness (QED) is 0.270. The molecule has 1 unspecified atom stereocenters. The Kier molecular flexibility index (Phi) is 9.70. The molecule has 2 N–H and O–H groups in total. The number of carbonyl (C=O) groups is 3. The van der Waals surface area contributed by atoms with E-state index in [1.165, 1.54) is 42.3 Å². The molecule has 0 spiro atoms. The molecule has 0 bridgehead atoms. The first-order chi connectivity index (χ1) is 19.1. The lowest BCUT2D eigenvalue weighted by Crippen LogP contribution is -2.57. The minimum Gasteiger partial charge on any atom is -0.335 e. The Bertz CT molecular complexity index is 1240. The number of likely N-dealkylation sites (N-methyl/N-ethyl adjacent to an activating group) is 1. The van der Waals surface area contributed by atoms with Crippen molar-refractivity contribution >= 4 is 29.1 Å². The summed E-state index contributed by atoms with van der Waals surface area (Å²) in [6.45, 7) is 0.980. The van der Waals surface area contributed by atoms with Gasteiger partial charge in [0.25, 0.3) is 5.91 Å². The molecular formula is C28H30F7N3O3. The number of halogens is 7. The van der Waals surface area contributed by atoms with E-state index in [-0.39, 0.29) is 17.3 Å². The molecule has 3 amide bonds. The number of hydrogen-bond donors (Lipinski definition) is 2. The van der Waals surface area contributed by atoms with Crippen molar-refractivity contribution in [3.05, 3.63) is 59.7 Å². The summed E-state index contributed by atoms with van der Waals surface area (Å²) in [4.78, 5) is 39.5. The van der Waals surface area contributed by atoms with E-state index in [4.69, 9.17) is 0 Å². The smallest absolute Gasteiger partial charge is 0.335 e. The van der Waals surface area contributed by atoms with Crippen LogP contribution in [-0.2, 0) is 9.59 Å². The van der Waals surface area contributed by atoms with Crippen molar-refractivity contribution in [2.45, 2.75) is 75.4 Å². The van der Waals surface area contributed by atoms with Crippen LogP contribution in [0.4, 0.5) is 42.1 Å². The zero-order valence-electron chi connectivity index (χ0n) is 22.3. The maximum Gasteiger partial charge on any atom is 0.432 e. The van der Waals surface area contributed by atoms with Gasteiger partial charge < -0.3 is 15.5 Å². The van der Waals surface area contributed by atoms with Gasteiger partial charge >= 0.3 is 29.8 Å². The van der Waals surface area contributed by atoms with E-state index in [9.17, 15) is 45.1 Å². The van der Waals surface area contributed by atoms with Crippen molar-refractivity contribution in [3.63, 3.8) is 0 Å². The number of rotatable bonds is 7. The van der Waals surface area contributed by atoms with Crippen molar-refractivity contribution in [1.82, 2.24) is 4.90 Å². The molecule has 41 heavy (non-hydrogen) atoms. The number of anilines is 2. The van der Waals surface area contributed by atoms with Gasteiger partial charge in [-0.1, -0.05) is 50.5 Å². The van der Waals surface area contributed by atoms with Gasteiger partial charge in [-0.3, -0.25) is 14.4 Å². The lowest BCUT2D eigenvalue weighted by atomic mass is 9.79. The minimum absolute atomic E-state index is 0.0599. The second kappa shape index (κ2) is 12.5. The van der Waals surface area contributed by atoms with Crippen LogP contribution in [0.3, 0.4) is 0 Å². The molecule has 3 rings (SSSR count). The van der Waals surface area contributed by atoms with E-state index in [1.807, 2.05) is 0 Å². The van der Waals surface area contributed by atoms with E-state index >= 15 is 0 Å². The van der Waals surface area contributed by atoms with Gasteiger partial charge in [0, 0.05) is 35.9 Å². The Morgan fingerprint density at radius 2 is 1.49 bits per heavy atom. The van der Waals surface area contributed by atoms with Gasteiger partial charge in [-0.05, 0) is 49.1 Å². The van der Waals surface area contributed by atoms with Gasteiger partial charge in [0.05, 0.1) is 0 Å². The van der Waals surface area contributed by atoms with Gasteiger partial charge in [-0.25, -0.2) is 4.39 Å². The molecule has 2 aromatic carbocycles. The average Bonchev–Trinajstić information content (AvgIpc) is 2.92. The third-order valence-corrected chi connectivity index (χ3v) is 7.32. The lowest BCUT2D eigenvalue weighted by Gasteiger charge is -2.37. The first kappa shape index (κ1) is 31.9. The Balaban J connectivity index is 1.82. The van der Waals surface area contributed by atoms with Crippen molar-refractivity contribution in [2.75, 3.05) is 17.7 Å². The van der Waals surface area contributed by atoms with Crippen LogP contribution in [0.15, 0.2) is 48.5 Å². The highest BCUT2D eigenvalue weighted by Gasteiger charge is 2.75. The second-order valence-electron chi connectivity index (χ2n) is 9.95. The summed E-state index contributed by atoms with van der Waals surface area (Å²) in [5.41, 5.74) is -6.78. The predicted molar refractivity (Wildman–Crippen MR) is 138 cm³/mol. The number of nitrogens with zero attached hydrogens (tertiary/aromatic N) is 1. The molecule has 1 aliphatic rings. The van der Waals surface area contributed by atoms with Crippen molar-refractivity contribution < 1.29 is 45.1 Å². The summed E-state index contributed by atoms with van der Waals surface area (Å²) in [7, 11) is 1.53. The van der Waals surface area contributed by atoms with Crippen LogP contribution >= 0.6 is 0 Å². The summed E-state index contributed by atoms with van der Waals surface area (Å²) in [5, 5.41) is 4.66. The largest absolute Gasteiger partial charge is 0.432 e. The van der Waals surface area contributed by atoms with E-state index in [1.54, 1.807) is 0 Å². The summed E-state index contributed by atoms with van der Waals surface area (Å²) in [6, 6.07) is 9.51. The van der Waals surface area contributed by atoms with Crippen LogP contribution in [0.1, 0.15) is 67.3 Å². The number of hydrogen-bond acceptors (Lipinski definition) is 3. The maximum absolute atomic E-state index is 15.0. The molecule has 6 nitrogen and oxygen atoms in total. The normalized spacial score (nSPS) is 15.6. The van der Waals surface area contributed by atoms with Gasteiger partial charge in [-0.15, -0.1) is 0 Å². The Morgan fingerprint density at radius 3 is 2.07 bits per heavy atom. The molecule has 1 saturated carbocycles. The van der Waals surface area contributed by atoms with Crippen LogP contribution in [0.25, 0.3) is 0 Å². The highest BCUT2D eigenvalue weighted by atomic mass is 19.4. The Morgan fingerprint density at radius 1 is 0.878 bits per heavy atom. The van der Waals surface area contributed by atoms with E-state index in [0.29, 0.717) is 0 Å². The number of benzene rings is 2. The molecule has 0 radical (unpaired) electrons. The summed E-state index contributed by atoms with van der Waals surface area (Å²) >= 11 is 0. The Labute approximate surface area is 232 Å². The van der Waals surface area contributed by atoms with Gasteiger partial charge in [0.1, 0.15) is 0 Å². The topological polar surface area (TPSA) is 78.5 Å². The highest BCUT2D eigenvalue weighted by Crippen LogP contribution is 2.56. The monoisotopic (exact) mass is 589 g/mol.